The highest BCUT2D eigenvalue weighted by atomic mass is 35.5. The zero-order chi connectivity index (χ0) is 78.0. The van der Waals surface area contributed by atoms with Gasteiger partial charge in [0.05, 0.1) is 5.03 Å². The Morgan fingerprint density at radius 1 is 0.400 bits per heavy atom. The predicted molar refractivity (Wildman–Crippen MR) is 430 cm³/mol. The van der Waals surface area contributed by atoms with Crippen molar-refractivity contribution in [2.24, 2.45) is 11.8 Å². The Kier molecular flexibility index (Phi) is 46.5. The van der Waals surface area contributed by atoms with Crippen LogP contribution >= 0.6 is 23.2 Å². The van der Waals surface area contributed by atoms with Crippen LogP contribution < -0.4 is 21.3 Å². The normalized spacial score (nSPS) is 23.0. The predicted octanol–water partition coefficient (Wildman–Crippen LogP) is 16.7. The Balaban J connectivity index is 0.000000313. The fourth-order valence-corrected chi connectivity index (χ4v) is 16.2. The van der Waals surface area contributed by atoms with Gasteiger partial charge in [-0.3, -0.25) is 28.8 Å². The van der Waals surface area contributed by atoms with Crippen LogP contribution in [0.4, 0.5) is 0 Å². The van der Waals surface area contributed by atoms with E-state index in [-0.39, 0.29) is 63.7 Å². The number of nitrogens with zero attached hydrogens (tertiary/aromatic N) is 4. The molecule has 0 aromatic heterocycles. The average molecular weight is 1510 g/mol. The van der Waals surface area contributed by atoms with Crippen molar-refractivity contribution in [1.82, 2.24) is 40.9 Å². The van der Waals surface area contributed by atoms with Gasteiger partial charge in [0.25, 0.3) is 5.91 Å². The van der Waals surface area contributed by atoms with Crippen molar-refractivity contribution in [2.75, 3.05) is 40.3 Å². The lowest BCUT2D eigenvalue weighted by molar-refractivity contribution is -0.146. The van der Waals surface area contributed by atoms with Gasteiger partial charge in [-0.25, -0.2) is 9.59 Å². The van der Waals surface area contributed by atoms with E-state index in [0.29, 0.717) is 70.6 Å². The quantitative estimate of drug-likeness (QED) is 0.0745. The van der Waals surface area contributed by atoms with Crippen LogP contribution in [0.1, 0.15) is 279 Å². The van der Waals surface area contributed by atoms with Gasteiger partial charge in [0.2, 0.25) is 29.5 Å². The van der Waals surface area contributed by atoms with Crippen molar-refractivity contribution in [3.8, 4) is 0 Å². The number of rotatable bonds is 18. The van der Waals surface area contributed by atoms with Crippen LogP contribution in [0.2, 0.25) is 0 Å². The number of amides is 6. The summed E-state index contributed by atoms with van der Waals surface area (Å²) < 4.78 is 10.3. The highest BCUT2D eigenvalue weighted by Gasteiger charge is 2.37. The smallest absolute Gasteiger partial charge is 0.349 e. The Morgan fingerprint density at radius 3 is 1.13 bits per heavy atom. The van der Waals surface area contributed by atoms with Gasteiger partial charge in [-0.15, -0.1) is 0 Å². The number of hydrogen-bond acceptors (Lipinski definition) is 12. The van der Waals surface area contributed by atoms with E-state index in [0.717, 1.165) is 141 Å². The van der Waals surface area contributed by atoms with Gasteiger partial charge in [-0.2, -0.15) is 0 Å². The first-order valence-electron chi connectivity index (χ1n) is 40.3. The molecular weight excluding hydrogens is 1360 g/mol. The Bertz CT molecular complexity index is 2690. The minimum atomic E-state index is -0.469. The zero-order valence-corrected chi connectivity index (χ0v) is 67.9. The van der Waals surface area contributed by atoms with E-state index >= 15 is 0 Å². The number of ether oxygens (including phenoxy) is 2. The molecule has 0 bridgehead atoms. The fourth-order valence-electron chi connectivity index (χ4n) is 16.1. The molecule has 2 aliphatic heterocycles. The van der Waals surface area contributed by atoms with E-state index in [2.05, 4.69) is 80.8 Å². The van der Waals surface area contributed by atoms with Gasteiger partial charge < -0.3 is 50.3 Å². The molecule has 0 aromatic rings. The van der Waals surface area contributed by atoms with Crippen molar-refractivity contribution in [2.45, 2.75) is 340 Å². The van der Waals surface area contributed by atoms with Crippen LogP contribution in [0.15, 0.2) is 97.1 Å². The fraction of sp³-hybridized carbons (Fsp3) is 0.718. The number of carbonyl (C=O) groups is 8. The molecule has 105 heavy (non-hydrogen) atoms. The second-order valence-electron chi connectivity index (χ2n) is 30.8. The number of halogens is 2. The molecule has 6 amide bonds. The third-order valence-corrected chi connectivity index (χ3v) is 22.7. The van der Waals surface area contributed by atoms with Crippen LogP contribution in [0, 0.1) is 11.8 Å². The third-order valence-electron chi connectivity index (χ3n) is 22.3. The number of fused-ring (bicyclic) bond motifs is 2. The van der Waals surface area contributed by atoms with Gasteiger partial charge in [0.15, 0.2) is 0 Å². The Hall–Kier alpha value is -5.82. The number of likely N-dealkylation sites (N-methyl/N-ethyl adjacent to an activating group) is 4. The molecule has 20 heteroatoms. The third kappa shape index (κ3) is 35.8. The van der Waals surface area contributed by atoms with E-state index in [4.69, 9.17) is 32.7 Å². The molecule has 18 nitrogen and oxygen atoms in total. The van der Waals surface area contributed by atoms with Crippen molar-refractivity contribution in [3.63, 3.8) is 0 Å². The maximum Gasteiger partial charge on any atom is 0.349 e. The minimum absolute atomic E-state index is 0.0110. The summed E-state index contributed by atoms with van der Waals surface area (Å²) in [7, 11) is 3.76. The molecule has 2 heterocycles. The summed E-state index contributed by atoms with van der Waals surface area (Å²) in [5.74, 6) is 1.15. The molecule has 4 N–H and O–H groups in total. The summed E-state index contributed by atoms with van der Waals surface area (Å²) in [4.78, 5) is 98.4. The number of nitrogens with one attached hydrogen (secondary N) is 4. The maximum absolute atomic E-state index is 12.1. The lowest BCUT2D eigenvalue weighted by Crippen LogP contribution is -2.52. The second-order valence-corrected chi connectivity index (χ2v) is 31.7. The maximum atomic E-state index is 12.1. The van der Waals surface area contributed by atoms with Crippen LogP contribution in [0.5, 0.6) is 0 Å². The molecule has 10 aliphatic rings. The summed E-state index contributed by atoms with van der Waals surface area (Å²) in [5.41, 5.74) is 2.43. The molecule has 594 valence electrons. The van der Waals surface area contributed by atoms with E-state index in [1.165, 1.54) is 147 Å². The van der Waals surface area contributed by atoms with Crippen molar-refractivity contribution in [3.05, 3.63) is 97.1 Å². The zero-order valence-electron chi connectivity index (χ0n) is 66.4. The van der Waals surface area contributed by atoms with E-state index < -0.39 is 5.97 Å². The first-order chi connectivity index (χ1) is 50.1. The van der Waals surface area contributed by atoms with E-state index in [1.807, 2.05) is 42.6 Å². The average Bonchev–Trinajstić information content (AvgIpc) is 1.39. The van der Waals surface area contributed by atoms with Crippen LogP contribution in [0.3, 0.4) is 0 Å². The van der Waals surface area contributed by atoms with Gasteiger partial charge in [-0.05, 0) is 246 Å². The first kappa shape index (κ1) is 93.4. The molecule has 0 spiro atoms. The SMILES string of the molecule is C=C(C)C(=O)N(CC)C1CCC2CCCNC2C1.C=C(C)C(=O)N(CC)C1CCCC1.C=C(C)C(=O)NC1CCCC1.C=C(C)C(=O)OC1CCCCC1.C=C(Cl)C(=O)NC1CCCCC1.C=C(Cl)C(=O)OC1CCCCC1.C=CC(=O)N(C)C1CCC2CCCNC2C1.C=CC(=O)N(C)C1CCCC1. The molecule has 6 atom stereocenters. The molecule has 0 radical (unpaired) electrons. The minimum Gasteiger partial charge on any atom is -0.459 e. The van der Waals surface area contributed by atoms with Crippen molar-refractivity contribution in [1.29, 1.82) is 0 Å². The molecule has 8 saturated carbocycles. The number of hydrogen-bond donors (Lipinski definition) is 4. The van der Waals surface area contributed by atoms with E-state index in [9.17, 15) is 38.4 Å². The summed E-state index contributed by atoms with van der Waals surface area (Å²) in [6.07, 6.45) is 47.0. The van der Waals surface area contributed by atoms with Gasteiger partial charge >= 0.3 is 11.9 Å². The summed E-state index contributed by atoms with van der Waals surface area (Å²) in [5, 5.41) is 13.1. The van der Waals surface area contributed by atoms with Gasteiger partial charge in [0, 0.05) is 97.8 Å². The molecule has 0 aromatic carbocycles. The number of piperidine rings is 2. The second kappa shape index (κ2) is 52.3. The van der Waals surface area contributed by atoms with Gasteiger partial charge in [-0.1, -0.05) is 146 Å². The lowest BCUT2D eigenvalue weighted by Gasteiger charge is -2.43. The summed E-state index contributed by atoms with van der Waals surface area (Å²) >= 11 is 10.8. The Morgan fingerprint density at radius 2 is 0.752 bits per heavy atom. The highest BCUT2D eigenvalue weighted by molar-refractivity contribution is 6.41. The molecule has 8 aliphatic carbocycles. The Labute approximate surface area is 644 Å². The first-order valence-corrected chi connectivity index (χ1v) is 41.0. The van der Waals surface area contributed by atoms with Gasteiger partial charge in [0.1, 0.15) is 17.2 Å². The van der Waals surface area contributed by atoms with Crippen LogP contribution in [-0.2, 0) is 47.8 Å². The van der Waals surface area contributed by atoms with Crippen molar-refractivity contribution < 1.29 is 47.8 Å². The standard InChI is InChI=1S/C15H26N2O.C13H22N2O.C11H19NO.C10H16O2.C9H14ClNO.C9H13ClO2.2C9H15NO/c1-4-17(15(18)11(2)3)13-8-7-12-6-5-9-16-14(12)10-13;1-3-13(16)15(2)11-7-6-10-5-4-8-14-12(10)9-11;1-4-12(11(13)9(2)3)10-7-5-6-8-10;1-8(2)10(11)12-9-6-4-3-5-7-9;1-7(10)9(12)11-8-5-3-2-4-6-8;1-7(10)9(11)12-8-5-3-2-4-6-8;1-7(2)9(11)10-8-5-3-4-6-8;1-3-9(11)10(2)8-6-4-5-7-8/h12-14,16H,2,4-10H2,1,3H3;3,10-12,14H,1,4-9H2,2H3;10H,2,4-8H2,1,3H3;9H,1,3-7H2,2H3;8H,1-6H2,(H,11,12);8H,1-6H2;8H,1,3-6H2,2H3,(H,10,11);3,8H,1,4-7H2,2H3. The molecular formula is C85H140Cl2N8O10. The molecule has 10 rings (SSSR count). The number of esters is 2. The highest BCUT2D eigenvalue weighted by Crippen LogP contribution is 2.35. The molecule has 2 saturated heterocycles. The molecule has 10 fully saturated rings. The monoisotopic (exact) mass is 1500 g/mol. The lowest BCUT2D eigenvalue weighted by atomic mass is 9.77. The molecule has 6 unspecified atom stereocenters. The summed E-state index contributed by atoms with van der Waals surface area (Å²) in [6, 6.07) is 3.76. The van der Waals surface area contributed by atoms with Crippen LogP contribution in [-0.4, -0.2) is 168 Å². The topological polar surface area (TPSA) is 216 Å². The summed E-state index contributed by atoms with van der Waals surface area (Å²) in [6.45, 7) is 43.4. The van der Waals surface area contributed by atoms with Crippen LogP contribution in [0.25, 0.3) is 0 Å². The largest absolute Gasteiger partial charge is 0.459 e. The van der Waals surface area contributed by atoms with Crippen molar-refractivity contribution >= 4 is 70.6 Å². The number of carbonyl (C=O) groups excluding carboxylic acids is 8. The van der Waals surface area contributed by atoms with E-state index in [1.54, 1.807) is 25.7 Å².